The Morgan fingerprint density at radius 1 is 1.15 bits per heavy atom. The first-order valence-electron chi connectivity index (χ1n) is 9.03. The van der Waals surface area contributed by atoms with E-state index in [9.17, 15) is 17.6 Å². The van der Waals surface area contributed by atoms with E-state index in [4.69, 9.17) is 0 Å². The van der Waals surface area contributed by atoms with Crippen LogP contribution in [0.25, 0.3) is 0 Å². The van der Waals surface area contributed by atoms with Gasteiger partial charge in [-0.1, -0.05) is 6.07 Å². The Balaban J connectivity index is 1.55. The number of fused-ring (bicyclic) bond motifs is 1. The summed E-state index contributed by atoms with van der Waals surface area (Å²) < 4.78 is 41.2. The largest absolute Gasteiger partial charge is 0.338 e. The lowest BCUT2D eigenvalue weighted by molar-refractivity contribution is -0.133. The normalized spacial score (nSPS) is 16.7. The standard InChI is InChI=1S/C20H21FN2O3S/c1-13-10-18(6-7-19(13)21)27(25,26)22-17-5-4-14-8-9-23(12-16(14)11-17)20(24)15-2-3-15/h4-7,10-11,15,22H,2-3,8-9,12H2,1H3. The third kappa shape index (κ3) is 3.69. The van der Waals surface area contributed by atoms with Gasteiger partial charge in [-0.05, 0) is 73.2 Å². The second-order valence-electron chi connectivity index (χ2n) is 7.28. The summed E-state index contributed by atoms with van der Waals surface area (Å²) in [7, 11) is -3.81. The quantitative estimate of drug-likeness (QED) is 0.875. The molecule has 0 bridgehead atoms. The summed E-state index contributed by atoms with van der Waals surface area (Å²) in [5, 5.41) is 0. The summed E-state index contributed by atoms with van der Waals surface area (Å²) in [6.45, 7) is 2.75. The van der Waals surface area contributed by atoms with Crippen LogP contribution in [0.5, 0.6) is 0 Å². The molecule has 0 unspecified atom stereocenters. The number of sulfonamides is 1. The molecule has 0 spiro atoms. The second-order valence-corrected chi connectivity index (χ2v) is 8.97. The molecule has 0 atom stereocenters. The highest BCUT2D eigenvalue weighted by Crippen LogP contribution is 2.33. The van der Waals surface area contributed by atoms with Gasteiger partial charge in [-0.2, -0.15) is 0 Å². The second kappa shape index (κ2) is 6.64. The van der Waals surface area contributed by atoms with Crippen LogP contribution in [0, 0.1) is 18.7 Å². The summed E-state index contributed by atoms with van der Waals surface area (Å²) in [6.07, 6.45) is 2.72. The molecule has 1 fully saturated rings. The molecular formula is C20H21FN2O3S. The van der Waals surface area contributed by atoms with Gasteiger partial charge in [0.05, 0.1) is 4.90 Å². The third-order valence-electron chi connectivity index (χ3n) is 5.15. The maximum atomic E-state index is 13.4. The van der Waals surface area contributed by atoms with E-state index in [2.05, 4.69) is 4.72 Å². The van der Waals surface area contributed by atoms with E-state index >= 15 is 0 Å². The fraction of sp³-hybridized carbons (Fsp3) is 0.350. The van der Waals surface area contributed by atoms with Crippen molar-refractivity contribution in [1.82, 2.24) is 4.90 Å². The number of nitrogens with zero attached hydrogens (tertiary/aromatic N) is 1. The van der Waals surface area contributed by atoms with Crippen LogP contribution in [-0.4, -0.2) is 25.8 Å². The number of carbonyl (C=O) groups excluding carboxylic acids is 1. The Morgan fingerprint density at radius 3 is 2.63 bits per heavy atom. The number of carbonyl (C=O) groups is 1. The first-order valence-corrected chi connectivity index (χ1v) is 10.5. The number of aryl methyl sites for hydroxylation is 1. The lowest BCUT2D eigenvalue weighted by Crippen LogP contribution is -2.36. The Kier molecular flexibility index (Phi) is 4.42. The van der Waals surface area contributed by atoms with E-state index < -0.39 is 15.8 Å². The zero-order valence-corrected chi connectivity index (χ0v) is 15.9. The molecule has 0 aromatic heterocycles. The molecule has 142 valence electrons. The van der Waals surface area contributed by atoms with Gasteiger partial charge in [0.25, 0.3) is 10.0 Å². The molecule has 1 saturated carbocycles. The molecule has 1 aliphatic heterocycles. The van der Waals surface area contributed by atoms with Crippen molar-refractivity contribution >= 4 is 21.6 Å². The first kappa shape index (κ1) is 18.0. The van der Waals surface area contributed by atoms with Crippen molar-refractivity contribution < 1.29 is 17.6 Å². The fourth-order valence-electron chi connectivity index (χ4n) is 3.40. The average molecular weight is 388 g/mol. The molecule has 2 aromatic rings. The van der Waals surface area contributed by atoms with Crippen LogP contribution in [0.3, 0.4) is 0 Å². The summed E-state index contributed by atoms with van der Waals surface area (Å²) in [5.74, 6) is -0.0634. The highest BCUT2D eigenvalue weighted by atomic mass is 32.2. The third-order valence-corrected chi connectivity index (χ3v) is 6.53. The molecule has 1 N–H and O–H groups in total. The van der Waals surface area contributed by atoms with Gasteiger partial charge < -0.3 is 4.90 Å². The predicted octanol–water partition coefficient (Wildman–Crippen LogP) is 3.23. The minimum Gasteiger partial charge on any atom is -0.338 e. The summed E-state index contributed by atoms with van der Waals surface area (Å²) in [6, 6.07) is 9.13. The Bertz CT molecular complexity index is 1020. The Labute approximate surface area is 158 Å². The van der Waals surface area contributed by atoms with Gasteiger partial charge in [-0.25, -0.2) is 12.8 Å². The van der Waals surface area contributed by atoms with E-state index in [1.807, 2.05) is 11.0 Å². The van der Waals surface area contributed by atoms with Crippen molar-refractivity contribution in [2.24, 2.45) is 5.92 Å². The zero-order valence-electron chi connectivity index (χ0n) is 15.0. The molecule has 1 aliphatic carbocycles. The molecule has 4 rings (SSSR count). The van der Waals surface area contributed by atoms with Crippen molar-refractivity contribution in [2.45, 2.75) is 37.6 Å². The van der Waals surface area contributed by atoms with Crippen LogP contribution < -0.4 is 4.72 Å². The molecule has 1 amide bonds. The van der Waals surface area contributed by atoms with Crippen LogP contribution in [0.2, 0.25) is 0 Å². The molecule has 7 heteroatoms. The first-order chi connectivity index (χ1) is 12.8. The molecule has 2 aliphatic rings. The zero-order chi connectivity index (χ0) is 19.2. The van der Waals surface area contributed by atoms with E-state index in [0.29, 0.717) is 18.8 Å². The van der Waals surface area contributed by atoms with Crippen LogP contribution in [0.15, 0.2) is 41.3 Å². The van der Waals surface area contributed by atoms with Crippen LogP contribution in [0.4, 0.5) is 10.1 Å². The highest BCUT2D eigenvalue weighted by Gasteiger charge is 2.34. The average Bonchev–Trinajstić information content (AvgIpc) is 3.47. The minimum atomic E-state index is -3.81. The van der Waals surface area contributed by atoms with Gasteiger partial charge in [-0.3, -0.25) is 9.52 Å². The number of halogens is 1. The van der Waals surface area contributed by atoms with E-state index in [1.165, 1.54) is 19.1 Å². The summed E-state index contributed by atoms with van der Waals surface area (Å²) in [4.78, 5) is 14.2. The fourth-order valence-corrected chi connectivity index (χ4v) is 4.53. The predicted molar refractivity (Wildman–Crippen MR) is 100 cm³/mol. The van der Waals surface area contributed by atoms with Gasteiger partial charge >= 0.3 is 0 Å². The topological polar surface area (TPSA) is 66.5 Å². The van der Waals surface area contributed by atoms with Crippen LogP contribution in [0.1, 0.15) is 29.5 Å². The Morgan fingerprint density at radius 2 is 1.93 bits per heavy atom. The highest BCUT2D eigenvalue weighted by molar-refractivity contribution is 7.92. The number of anilines is 1. The van der Waals surface area contributed by atoms with Crippen LogP contribution in [-0.2, 0) is 27.8 Å². The number of amides is 1. The van der Waals surface area contributed by atoms with E-state index in [-0.39, 0.29) is 22.3 Å². The molecule has 1 heterocycles. The maximum Gasteiger partial charge on any atom is 0.261 e. The van der Waals surface area contributed by atoms with Crippen molar-refractivity contribution in [3.05, 3.63) is 58.9 Å². The molecule has 0 radical (unpaired) electrons. The van der Waals surface area contributed by atoms with Crippen molar-refractivity contribution in [3.8, 4) is 0 Å². The molecule has 5 nitrogen and oxygen atoms in total. The number of hydrogen-bond acceptors (Lipinski definition) is 3. The number of nitrogens with one attached hydrogen (secondary N) is 1. The molecular weight excluding hydrogens is 367 g/mol. The Hall–Kier alpha value is -2.41. The molecule has 27 heavy (non-hydrogen) atoms. The van der Waals surface area contributed by atoms with Gasteiger partial charge in [0, 0.05) is 24.7 Å². The number of rotatable bonds is 4. The van der Waals surface area contributed by atoms with Gasteiger partial charge in [0.1, 0.15) is 5.82 Å². The van der Waals surface area contributed by atoms with E-state index in [1.54, 1.807) is 12.1 Å². The van der Waals surface area contributed by atoms with E-state index in [0.717, 1.165) is 36.5 Å². The van der Waals surface area contributed by atoms with Crippen molar-refractivity contribution in [3.63, 3.8) is 0 Å². The van der Waals surface area contributed by atoms with Crippen molar-refractivity contribution in [1.29, 1.82) is 0 Å². The minimum absolute atomic E-state index is 0.0182. The van der Waals surface area contributed by atoms with Crippen LogP contribution >= 0.6 is 0 Å². The van der Waals surface area contributed by atoms with Gasteiger partial charge in [-0.15, -0.1) is 0 Å². The monoisotopic (exact) mass is 388 g/mol. The smallest absolute Gasteiger partial charge is 0.261 e. The summed E-state index contributed by atoms with van der Waals surface area (Å²) >= 11 is 0. The van der Waals surface area contributed by atoms with Crippen molar-refractivity contribution in [2.75, 3.05) is 11.3 Å². The maximum absolute atomic E-state index is 13.4. The SMILES string of the molecule is Cc1cc(S(=O)(=O)Nc2ccc3c(c2)CN(C(=O)C2CC2)CC3)ccc1F. The molecule has 0 saturated heterocycles. The number of hydrogen-bond donors (Lipinski definition) is 1. The van der Waals surface area contributed by atoms with Gasteiger partial charge in [0.15, 0.2) is 0 Å². The molecule has 2 aromatic carbocycles. The lowest BCUT2D eigenvalue weighted by Gasteiger charge is -2.29. The summed E-state index contributed by atoms with van der Waals surface area (Å²) in [5.41, 5.74) is 2.81. The van der Waals surface area contributed by atoms with Gasteiger partial charge in [0.2, 0.25) is 5.91 Å². The number of benzene rings is 2. The lowest BCUT2D eigenvalue weighted by atomic mass is 9.99.